The Morgan fingerprint density at radius 3 is 2.64 bits per heavy atom. The standard InChI is InChI=1S/C9H8O4S/c10-9(11)7-1-2-8-6(5-7)3-4-14(8,12)13/h1-5,12-13H,(H,10,11). The molecule has 14 heavy (non-hydrogen) atoms. The van der Waals surface area contributed by atoms with Gasteiger partial charge in [-0.25, -0.2) is 4.79 Å². The molecule has 2 rings (SSSR count). The van der Waals surface area contributed by atoms with Gasteiger partial charge in [0, 0.05) is 5.41 Å². The Bertz CT molecular complexity index is 436. The molecule has 0 fully saturated rings. The minimum atomic E-state index is -2.82. The summed E-state index contributed by atoms with van der Waals surface area (Å²) in [5.41, 5.74) is 0.704. The predicted molar refractivity (Wildman–Crippen MR) is 53.5 cm³/mol. The van der Waals surface area contributed by atoms with E-state index in [9.17, 15) is 13.9 Å². The monoisotopic (exact) mass is 212 g/mol. The molecule has 1 heterocycles. The number of rotatable bonds is 1. The van der Waals surface area contributed by atoms with Crippen molar-refractivity contribution in [2.45, 2.75) is 4.90 Å². The molecule has 0 spiro atoms. The van der Waals surface area contributed by atoms with Crippen molar-refractivity contribution in [1.29, 1.82) is 0 Å². The average molecular weight is 212 g/mol. The van der Waals surface area contributed by atoms with E-state index in [-0.39, 0.29) is 5.56 Å². The van der Waals surface area contributed by atoms with Crippen LogP contribution >= 0.6 is 10.6 Å². The van der Waals surface area contributed by atoms with Gasteiger partial charge in [0.15, 0.2) is 0 Å². The van der Waals surface area contributed by atoms with E-state index < -0.39 is 16.6 Å². The van der Waals surface area contributed by atoms with Gasteiger partial charge in [-0.05, 0) is 29.8 Å². The third-order valence-corrected chi connectivity index (χ3v) is 3.55. The van der Waals surface area contributed by atoms with E-state index in [1.165, 1.54) is 29.7 Å². The number of benzene rings is 1. The highest BCUT2D eigenvalue weighted by Gasteiger charge is 2.22. The first kappa shape index (κ1) is 9.26. The first-order valence-corrected chi connectivity index (χ1v) is 5.45. The van der Waals surface area contributed by atoms with Gasteiger partial charge < -0.3 is 5.11 Å². The molecule has 0 aromatic heterocycles. The number of aromatic carboxylic acids is 1. The van der Waals surface area contributed by atoms with E-state index in [1.807, 2.05) is 0 Å². The summed E-state index contributed by atoms with van der Waals surface area (Å²) in [7, 11) is -2.82. The van der Waals surface area contributed by atoms with Gasteiger partial charge in [0.25, 0.3) is 0 Å². The maximum Gasteiger partial charge on any atom is 0.335 e. The second kappa shape index (κ2) is 2.84. The predicted octanol–water partition coefficient (Wildman–Crippen LogP) is 2.48. The molecule has 0 unspecified atom stereocenters. The topological polar surface area (TPSA) is 77.8 Å². The molecule has 1 aromatic carbocycles. The Morgan fingerprint density at radius 1 is 1.29 bits per heavy atom. The smallest absolute Gasteiger partial charge is 0.335 e. The highest BCUT2D eigenvalue weighted by Crippen LogP contribution is 2.55. The van der Waals surface area contributed by atoms with Gasteiger partial charge in [-0.3, -0.25) is 9.11 Å². The Labute approximate surface area is 81.9 Å². The van der Waals surface area contributed by atoms with Gasteiger partial charge in [-0.2, -0.15) is 0 Å². The minimum absolute atomic E-state index is 0.144. The molecule has 0 bridgehead atoms. The third kappa shape index (κ3) is 1.31. The van der Waals surface area contributed by atoms with Crippen LogP contribution < -0.4 is 0 Å². The van der Waals surface area contributed by atoms with Crippen molar-refractivity contribution in [3.63, 3.8) is 0 Å². The highest BCUT2D eigenvalue weighted by molar-refractivity contribution is 8.27. The minimum Gasteiger partial charge on any atom is -0.478 e. The number of fused-ring (bicyclic) bond motifs is 1. The normalized spacial score (nSPS) is 19.0. The zero-order chi connectivity index (χ0) is 10.3. The number of carboxylic acid groups (broad SMARTS) is 1. The lowest BCUT2D eigenvalue weighted by molar-refractivity contribution is 0.0696. The molecular weight excluding hydrogens is 204 g/mol. The van der Waals surface area contributed by atoms with Gasteiger partial charge in [0.05, 0.1) is 10.5 Å². The zero-order valence-corrected chi connectivity index (χ0v) is 7.86. The molecule has 0 saturated heterocycles. The van der Waals surface area contributed by atoms with Crippen molar-refractivity contribution in [2.24, 2.45) is 0 Å². The van der Waals surface area contributed by atoms with Crippen LogP contribution in [0.1, 0.15) is 15.9 Å². The van der Waals surface area contributed by atoms with Crippen molar-refractivity contribution in [1.82, 2.24) is 0 Å². The second-order valence-electron chi connectivity index (χ2n) is 2.95. The van der Waals surface area contributed by atoms with Gasteiger partial charge in [0.1, 0.15) is 0 Å². The van der Waals surface area contributed by atoms with E-state index in [0.29, 0.717) is 10.5 Å². The summed E-state index contributed by atoms with van der Waals surface area (Å²) < 4.78 is 19.0. The molecule has 0 saturated carbocycles. The molecule has 74 valence electrons. The van der Waals surface area contributed by atoms with Crippen molar-refractivity contribution in [3.8, 4) is 0 Å². The van der Waals surface area contributed by atoms with Crippen molar-refractivity contribution >= 4 is 22.6 Å². The summed E-state index contributed by atoms with van der Waals surface area (Å²) in [5.74, 6) is -1.02. The van der Waals surface area contributed by atoms with Crippen LogP contribution in [0.2, 0.25) is 0 Å². The van der Waals surface area contributed by atoms with E-state index in [1.54, 1.807) is 0 Å². The lowest BCUT2D eigenvalue weighted by Gasteiger charge is -2.25. The molecule has 0 amide bonds. The fourth-order valence-corrected chi connectivity index (χ4v) is 2.55. The van der Waals surface area contributed by atoms with Crippen LogP contribution in [-0.2, 0) is 0 Å². The van der Waals surface area contributed by atoms with Crippen LogP contribution in [0, 0.1) is 0 Å². The lowest BCUT2D eigenvalue weighted by atomic mass is 10.1. The zero-order valence-electron chi connectivity index (χ0n) is 7.04. The second-order valence-corrected chi connectivity index (χ2v) is 4.85. The molecule has 0 radical (unpaired) electrons. The van der Waals surface area contributed by atoms with Crippen molar-refractivity contribution < 1.29 is 19.0 Å². The third-order valence-electron chi connectivity index (χ3n) is 2.02. The van der Waals surface area contributed by atoms with Crippen LogP contribution in [0.4, 0.5) is 0 Å². The summed E-state index contributed by atoms with van der Waals surface area (Å²) in [6.07, 6.45) is 1.52. The molecule has 5 heteroatoms. The number of hydrogen-bond donors (Lipinski definition) is 3. The van der Waals surface area contributed by atoms with E-state index in [2.05, 4.69) is 0 Å². The molecule has 0 atom stereocenters. The van der Waals surface area contributed by atoms with Crippen molar-refractivity contribution in [3.05, 3.63) is 34.7 Å². The Hall–Kier alpha value is -1.30. The van der Waals surface area contributed by atoms with Gasteiger partial charge in [-0.1, -0.05) is 0 Å². The largest absolute Gasteiger partial charge is 0.478 e. The fraction of sp³-hybridized carbons (Fsp3) is 0. The van der Waals surface area contributed by atoms with Crippen LogP contribution in [0.25, 0.3) is 6.08 Å². The van der Waals surface area contributed by atoms with Crippen LogP contribution in [0.5, 0.6) is 0 Å². The molecule has 0 aliphatic carbocycles. The average Bonchev–Trinajstić information content (AvgIpc) is 2.42. The van der Waals surface area contributed by atoms with Gasteiger partial charge >= 0.3 is 5.97 Å². The Kier molecular flexibility index (Phi) is 1.88. The Morgan fingerprint density at radius 2 is 2.00 bits per heavy atom. The summed E-state index contributed by atoms with van der Waals surface area (Å²) in [6, 6.07) is 4.23. The van der Waals surface area contributed by atoms with Gasteiger partial charge in [-0.15, -0.1) is 10.6 Å². The number of hydrogen-bond acceptors (Lipinski definition) is 3. The quantitative estimate of drug-likeness (QED) is 0.668. The summed E-state index contributed by atoms with van der Waals surface area (Å²) in [4.78, 5) is 11.0. The summed E-state index contributed by atoms with van der Waals surface area (Å²) >= 11 is 0. The van der Waals surface area contributed by atoms with E-state index in [0.717, 1.165) is 0 Å². The molecular formula is C9H8O4S. The molecule has 4 nitrogen and oxygen atoms in total. The highest BCUT2D eigenvalue weighted by atomic mass is 32.3. The van der Waals surface area contributed by atoms with E-state index >= 15 is 0 Å². The first-order chi connectivity index (χ1) is 6.50. The van der Waals surface area contributed by atoms with E-state index in [4.69, 9.17) is 5.11 Å². The van der Waals surface area contributed by atoms with Crippen LogP contribution in [0.15, 0.2) is 28.5 Å². The number of carbonyl (C=O) groups is 1. The Balaban J connectivity index is 2.55. The molecule has 1 aliphatic rings. The van der Waals surface area contributed by atoms with Crippen molar-refractivity contribution in [2.75, 3.05) is 0 Å². The number of carboxylic acids is 1. The molecule has 1 aromatic rings. The van der Waals surface area contributed by atoms with Crippen LogP contribution in [-0.4, -0.2) is 20.2 Å². The lowest BCUT2D eigenvalue weighted by Crippen LogP contribution is -1.98. The first-order valence-electron chi connectivity index (χ1n) is 3.84. The SMILES string of the molecule is O=C(O)c1ccc2c(c1)C=CS2(O)O. The molecule has 1 aliphatic heterocycles. The summed E-state index contributed by atoms with van der Waals surface area (Å²) in [5, 5.41) is 10.00. The van der Waals surface area contributed by atoms with Gasteiger partial charge in [0.2, 0.25) is 0 Å². The maximum atomic E-state index is 10.6. The van der Waals surface area contributed by atoms with Crippen LogP contribution in [0.3, 0.4) is 0 Å². The summed E-state index contributed by atoms with van der Waals surface area (Å²) in [6.45, 7) is 0. The molecule has 3 N–H and O–H groups in total. The maximum absolute atomic E-state index is 10.6. The fourth-order valence-electron chi connectivity index (χ4n) is 1.33.